The Bertz CT molecular complexity index is 926. The van der Waals surface area contributed by atoms with Crippen LogP contribution in [0.25, 0.3) is 0 Å². The van der Waals surface area contributed by atoms with Crippen molar-refractivity contribution in [2.24, 2.45) is 5.92 Å². The van der Waals surface area contributed by atoms with E-state index >= 15 is 0 Å². The molecule has 1 aliphatic rings. The van der Waals surface area contributed by atoms with Crippen LogP contribution in [0.2, 0.25) is 0 Å². The van der Waals surface area contributed by atoms with Crippen molar-refractivity contribution in [1.29, 1.82) is 5.26 Å². The van der Waals surface area contributed by atoms with Crippen LogP contribution in [0.5, 0.6) is 0 Å². The molecule has 0 saturated carbocycles. The van der Waals surface area contributed by atoms with Crippen molar-refractivity contribution in [2.75, 3.05) is 18.0 Å². The number of aryl methyl sites for hydroxylation is 1. The van der Waals surface area contributed by atoms with Crippen LogP contribution in [-0.2, 0) is 22.6 Å². The van der Waals surface area contributed by atoms with Gasteiger partial charge in [-0.05, 0) is 41.8 Å². The van der Waals surface area contributed by atoms with Gasteiger partial charge in [-0.3, -0.25) is 9.59 Å². The number of amides is 2. The third-order valence-corrected chi connectivity index (χ3v) is 5.25. The minimum atomic E-state index is -0.369. The van der Waals surface area contributed by atoms with Gasteiger partial charge in [0, 0.05) is 31.7 Å². The predicted molar refractivity (Wildman–Crippen MR) is 113 cm³/mol. The quantitative estimate of drug-likeness (QED) is 0.681. The number of anilines is 1. The second kappa shape index (κ2) is 9.20. The molecule has 1 fully saturated rings. The second-order valence-electron chi connectivity index (χ2n) is 7.24. The third kappa shape index (κ3) is 4.72. The van der Waals surface area contributed by atoms with Crippen molar-refractivity contribution in [1.82, 2.24) is 4.90 Å². The first-order valence-corrected chi connectivity index (χ1v) is 9.83. The number of carbonyl (C=O) groups excluding carboxylic acids is 2. The molecule has 5 heteroatoms. The van der Waals surface area contributed by atoms with E-state index in [1.165, 1.54) is 5.56 Å². The monoisotopic (exact) mass is 387 g/mol. The summed E-state index contributed by atoms with van der Waals surface area (Å²) in [4.78, 5) is 29.1. The maximum Gasteiger partial charge on any atom is 0.228 e. The fourth-order valence-electron chi connectivity index (χ4n) is 3.59. The molecule has 0 aliphatic carbocycles. The molecule has 1 saturated heterocycles. The van der Waals surface area contributed by atoms with Gasteiger partial charge in [0.15, 0.2) is 0 Å². The van der Waals surface area contributed by atoms with E-state index in [9.17, 15) is 9.59 Å². The van der Waals surface area contributed by atoms with Crippen molar-refractivity contribution in [2.45, 2.75) is 26.3 Å². The first kappa shape index (κ1) is 20.3. The van der Waals surface area contributed by atoms with Crippen LogP contribution in [0.3, 0.4) is 0 Å². The molecule has 0 bridgehead atoms. The van der Waals surface area contributed by atoms with E-state index in [0.717, 1.165) is 17.7 Å². The van der Waals surface area contributed by atoms with Gasteiger partial charge in [0.25, 0.3) is 0 Å². The maximum atomic E-state index is 13.1. The summed E-state index contributed by atoms with van der Waals surface area (Å²) in [6, 6.07) is 17.2. The highest BCUT2D eigenvalue weighted by Gasteiger charge is 2.37. The molecule has 0 N–H and O–H groups in total. The van der Waals surface area contributed by atoms with E-state index in [-0.39, 0.29) is 24.2 Å². The highest BCUT2D eigenvalue weighted by Crippen LogP contribution is 2.27. The van der Waals surface area contributed by atoms with E-state index in [1.54, 1.807) is 28.0 Å². The van der Waals surface area contributed by atoms with Gasteiger partial charge in [0.2, 0.25) is 11.8 Å². The minimum Gasteiger partial charge on any atom is -0.334 e. The lowest BCUT2D eigenvalue weighted by atomic mass is 10.1. The molecule has 2 aromatic rings. The Balaban J connectivity index is 1.71. The molecule has 1 aliphatic heterocycles. The molecule has 0 spiro atoms. The standard InChI is InChI=1S/C24H25N3O2/c1-3-13-26(16-20-7-5-19(15-25)6-8-20)24(29)21-14-23(28)27(17-21)22-11-9-18(4-2)10-12-22/h3,5-12,21H,1,4,13-14,16-17H2,2H3. The summed E-state index contributed by atoms with van der Waals surface area (Å²) in [7, 11) is 0. The van der Waals surface area contributed by atoms with Crippen LogP contribution >= 0.6 is 0 Å². The number of hydrogen-bond donors (Lipinski definition) is 0. The lowest BCUT2D eigenvalue weighted by Gasteiger charge is -2.24. The number of carbonyl (C=O) groups is 2. The fourth-order valence-corrected chi connectivity index (χ4v) is 3.59. The smallest absolute Gasteiger partial charge is 0.228 e. The van der Waals surface area contributed by atoms with Crippen molar-refractivity contribution >= 4 is 17.5 Å². The van der Waals surface area contributed by atoms with E-state index in [2.05, 4.69) is 19.6 Å². The molecule has 29 heavy (non-hydrogen) atoms. The van der Waals surface area contributed by atoms with Crippen molar-refractivity contribution in [3.8, 4) is 6.07 Å². The van der Waals surface area contributed by atoms with Gasteiger partial charge in [0.05, 0.1) is 17.6 Å². The average Bonchev–Trinajstić information content (AvgIpc) is 3.15. The maximum absolute atomic E-state index is 13.1. The van der Waals surface area contributed by atoms with Gasteiger partial charge in [-0.1, -0.05) is 37.3 Å². The molecule has 5 nitrogen and oxygen atoms in total. The Kier molecular flexibility index (Phi) is 6.46. The highest BCUT2D eigenvalue weighted by atomic mass is 16.2. The van der Waals surface area contributed by atoms with E-state index in [0.29, 0.717) is 25.2 Å². The number of nitriles is 1. The summed E-state index contributed by atoms with van der Waals surface area (Å²) in [5.41, 5.74) is 3.58. The molecular weight excluding hydrogens is 362 g/mol. The van der Waals surface area contributed by atoms with Crippen molar-refractivity contribution in [3.63, 3.8) is 0 Å². The number of nitrogens with zero attached hydrogens (tertiary/aromatic N) is 3. The molecule has 1 unspecified atom stereocenters. The van der Waals surface area contributed by atoms with Gasteiger partial charge in [-0.15, -0.1) is 6.58 Å². The normalized spacial score (nSPS) is 15.8. The predicted octanol–water partition coefficient (Wildman–Crippen LogP) is 3.69. The molecule has 1 atom stereocenters. The van der Waals surface area contributed by atoms with E-state index < -0.39 is 0 Å². The first-order valence-electron chi connectivity index (χ1n) is 9.83. The Morgan fingerprint density at radius 2 is 1.86 bits per heavy atom. The van der Waals surface area contributed by atoms with Gasteiger partial charge in [-0.2, -0.15) is 5.26 Å². The van der Waals surface area contributed by atoms with Crippen LogP contribution in [-0.4, -0.2) is 29.8 Å². The third-order valence-electron chi connectivity index (χ3n) is 5.25. The summed E-state index contributed by atoms with van der Waals surface area (Å²) >= 11 is 0. The summed E-state index contributed by atoms with van der Waals surface area (Å²) in [6.07, 6.45) is 2.86. The summed E-state index contributed by atoms with van der Waals surface area (Å²) in [6.45, 7) is 7.08. The minimum absolute atomic E-state index is 0.0236. The zero-order chi connectivity index (χ0) is 20.8. The molecule has 3 rings (SSSR count). The van der Waals surface area contributed by atoms with Crippen LogP contribution in [0.15, 0.2) is 61.2 Å². The summed E-state index contributed by atoms with van der Waals surface area (Å²) in [5, 5.41) is 8.93. The van der Waals surface area contributed by atoms with E-state index in [1.807, 2.05) is 36.4 Å². The van der Waals surface area contributed by atoms with Gasteiger partial charge >= 0.3 is 0 Å². The topological polar surface area (TPSA) is 64.4 Å². The van der Waals surface area contributed by atoms with Gasteiger partial charge < -0.3 is 9.80 Å². The number of hydrogen-bond acceptors (Lipinski definition) is 3. The Morgan fingerprint density at radius 3 is 2.45 bits per heavy atom. The summed E-state index contributed by atoms with van der Waals surface area (Å²) < 4.78 is 0. The second-order valence-corrected chi connectivity index (χ2v) is 7.24. The molecule has 0 radical (unpaired) electrons. The Labute approximate surface area is 171 Å². The lowest BCUT2D eigenvalue weighted by molar-refractivity contribution is -0.135. The lowest BCUT2D eigenvalue weighted by Crippen LogP contribution is -2.37. The number of rotatable bonds is 7. The average molecular weight is 387 g/mol. The Hall–Kier alpha value is -3.39. The zero-order valence-corrected chi connectivity index (χ0v) is 16.7. The molecule has 2 amide bonds. The SMILES string of the molecule is C=CCN(Cc1ccc(C#N)cc1)C(=O)C1CC(=O)N(c2ccc(CC)cc2)C1. The van der Waals surface area contributed by atoms with Crippen LogP contribution in [0.1, 0.15) is 30.0 Å². The zero-order valence-electron chi connectivity index (χ0n) is 16.7. The molecule has 1 heterocycles. The molecule has 0 aromatic heterocycles. The first-order chi connectivity index (χ1) is 14.0. The fraction of sp³-hybridized carbons (Fsp3) is 0.292. The highest BCUT2D eigenvalue weighted by molar-refractivity contribution is 6.00. The van der Waals surface area contributed by atoms with Crippen LogP contribution in [0.4, 0.5) is 5.69 Å². The van der Waals surface area contributed by atoms with Crippen molar-refractivity contribution < 1.29 is 9.59 Å². The van der Waals surface area contributed by atoms with Crippen LogP contribution in [0, 0.1) is 17.2 Å². The molecule has 148 valence electrons. The summed E-state index contributed by atoms with van der Waals surface area (Å²) in [5.74, 6) is -0.438. The van der Waals surface area contributed by atoms with Crippen LogP contribution < -0.4 is 4.90 Å². The molecular formula is C24H25N3O2. The molecule has 2 aromatic carbocycles. The largest absolute Gasteiger partial charge is 0.334 e. The number of benzene rings is 2. The van der Waals surface area contributed by atoms with Gasteiger partial charge in [-0.25, -0.2) is 0 Å². The van der Waals surface area contributed by atoms with E-state index in [4.69, 9.17) is 5.26 Å². The van der Waals surface area contributed by atoms with Gasteiger partial charge in [0.1, 0.15) is 0 Å². The van der Waals surface area contributed by atoms with Crippen molar-refractivity contribution in [3.05, 3.63) is 77.9 Å². The Morgan fingerprint density at radius 1 is 1.21 bits per heavy atom.